The third-order valence-corrected chi connectivity index (χ3v) is 3.34. The molecule has 2 nitrogen and oxygen atoms in total. The molecule has 19 heavy (non-hydrogen) atoms. The van der Waals surface area contributed by atoms with Crippen molar-refractivity contribution in [3.8, 4) is 0 Å². The summed E-state index contributed by atoms with van der Waals surface area (Å²) in [6, 6.07) is 8.07. The Hall–Kier alpha value is -1.45. The monoisotopic (exact) mass is 278 g/mol. The fourth-order valence-corrected chi connectivity index (χ4v) is 2.32. The number of aryl methyl sites for hydroxylation is 1. The third-order valence-electron chi connectivity index (χ3n) is 3.00. The Morgan fingerprint density at radius 2 is 2.16 bits per heavy atom. The lowest BCUT2D eigenvalue weighted by Gasteiger charge is -2.20. The van der Waals surface area contributed by atoms with Crippen LogP contribution < -0.4 is 5.32 Å². The molecule has 0 spiro atoms. The molecule has 0 aliphatic rings. The van der Waals surface area contributed by atoms with E-state index >= 15 is 0 Å². The standard InChI is InChI=1S/C15H16ClFN2/c1-3-18-15(14-10(2)5-4-8-19-14)12-9-11(17)6-7-13(12)16/h4-9,15,18H,3H2,1-2H3. The van der Waals surface area contributed by atoms with Gasteiger partial charge >= 0.3 is 0 Å². The topological polar surface area (TPSA) is 24.9 Å². The minimum absolute atomic E-state index is 0.200. The zero-order chi connectivity index (χ0) is 13.8. The van der Waals surface area contributed by atoms with Gasteiger partial charge in [0.25, 0.3) is 0 Å². The van der Waals surface area contributed by atoms with Crippen molar-refractivity contribution in [2.45, 2.75) is 19.9 Å². The van der Waals surface area contributed by atoms with Gasteiger partial charge in [-0.2, -0.15) is 0 Å². The van der Waals surface area contributed by atoms with Crippen LogP contribution in [-0.4, -0.2) is 11.5 Å². The van der Waals surface area contributed by atoms with Crippen molar-refractivity contribution in [1.29, 1.82) is 0 Å². The molecule has 0 aliphatic carbocycles. The second-order valence-corrected chi connectivity index (χ2v) is 4.77. The summed E-state index contributed by atoms with van der Waals surface area (Å²) in [6.07, 6.45) is 1.74. The molecule has 1 unspecified atom stereocenters. The van der Waals surface area contributed by atoms with Gasteiger partial charge in [-0.25, -0.2) is 4.39 Å². The number of aromatic nitrogens is 1. The molecular formula is C15H16ClFN2. The van der Waals surface area contributed by atoms with Gasteiger partial charge < -0.3 is 5.32 Å². The summed E-state index contributed by atoms with van der Waals surface area (Å²) < 4.78 is 13.5. The maximum Gasteiger partial charge on any atom is 0.123 e. The lowest BCUT2D eigenvalue weighted by molar-refractivity contribution is 0.593. The van der Waals surface area contributed by atoms with Gasteiger partial charge in [0, 0.05) is 11.2 Å². The molecule has 1 atom stereocenters. The van der Waals surface area contributed by atoms with Crippen molar-refractivity contribution < 1.29 is 4.39 Å². The highest BCUT2D eigenvalue weighted by Gasteiger charge is 2.19. The van der Waals surface area contributed by atoms with E-state index in [1.165, 1.54) is 12.1 Å². The number of halogens is 2. The molecule has 1 aromatic heterocycles. The molecule has 4 heteroatoms. The Balaban J connectivity index is 2.51. The molecule has 0 saturated carbocycles. The van der Waals surface area contributed by atoms with E-state index in [0.29, 0.717) is 10.6 Å². The van der Waals surface area contributed by atoms with E-state index < -0.39 is 0 Å². The fraction of sp³-hybridized carbons (Fsp3) is 0.267. The molecule has 2 aromatic rings. The van der Waals surface area contributed by atoms with Crippen molar-refractivity contribution >= 4 is 11.6 Å². The number of nitrogens with zero attached hydrogens (tertiary/aromatic N) is 1. The van der Waals surface area contributed by atoms with Crippen molar-refractivity contribution in [3.05, 3.63) is 64.2 Å². The molecule has 0 aliphatic heterocycles. The summed E-state index contributed by atoms with van der Waals surface area (Å²) in [4.78, 5) is 4.40. The van der Waals surface area contributed by atoms with Gasteiger partial charge in [0.2, 0.25) is 0 Å². The number of hydrogen-bond donors (Lipinski definition) is 1. The Labute approximate surface area is 117 Å². The Morgan fingerprint density at radius 1 is 1.37 bits per heavy atom. The maximum absolute atomic E-state index is 13.5. The first-order chi connectivity index (χ1) is 9.13. The first-order valence-electron chi connectivity index (χ1n) is 6.23. The fourth-order valence-electron chi connectivity index (χ4n) is 2.09. The largest absolute Gasteiger partial charge is 0.305 e. The summed E-state index contributed by atoms with van der Waals surface area (Å²) in [6.45, 7) is 4.73. The van der Waals surface area contributed by atoms with Crippen LogP contribution in [0.5, 0.6) is 0 Å². The van der Waals surface area contributed by atoms with Crippen LogP contribution in [0.1, 0.15) is 29.8 Å². The second kappa shape index (κ2) is 6.13. The molecule has 0 radical (unpaired) electrons. The molecule has 0 amide bonds. The summed E-state index contributed by atoms with van der Waals surface area (Å²) in [7, 11) is 0. The first kappa shape index (κ1) is 14.0. The van der Waals surface area contributed by atoms with E-state index in [2.05, 4.69) is 10.3 Å². The highest BCUT2D eigenvalue weighted by Crippen LogP contribution is 2.29. The zero-order valence-corrected chi connectivity index (χ0v) is 11.7. The van der Waals surface area contributed by atoms with Gasteiger partial charge in [-0.3, -0.25) is 4.98 Å². The van der Waals surface area contributed by atoms with Crippen LogP contribution in [0.15, 0.2) is 36.5 Å². The third kappa shape index (κ3) is 3.11. The first-order valence-corrected chi connectivity index (χ1v) is 6.61. The molecule has 0 fully saturated rings. The number of hydrogen-bond acceptors (Lipinski definition) is 2. The summed E-state index contributed by atoms with van der Waals surface area (Å²) >= 11 is 6.19. The summed E-state index contributed by atoms with van der Waals surface area (Å²) in [5.41, 5.74) is 2.64. The average molecular weight is 279 g/mol. The normalized spacial score (nSPS) is 12.4. The van der Waals surface area contributed by atoms with Crippen LogP contribution in [0.4, 0.5) is 4.39 Å². The number of pyridine rings is 1. The molecule has 2 rings (SSSR count). The van der Waals surface area contributed by atoms with Crippen LogP contribution in [0.3, 0.4) is 0 Å². The van der Waals surface area contributed by atoms with Gasteiger partial charge in [0.1, 0.15) is 5.82 Å². The van der Waals surface area contributed by atoms with E-state index in [1.807, 2.05) is 26.0 Å². The second-order valence-electron chi connectivity index (χ2n) is 4.36. The molecule has 0 bridgehead atoms. The molecule has 1 N–H and O–H groups in total. The summed E-state index contributed by atoms with van der Waals surface area (Å²) in [5.74, 6) is -0.295. The highest BCUT2D eigenvalue weighted by atomic mass is 35.5. The Morgan fingerprint density at radius 3 is 2.84 bits per heavy atom. The van der Waals surface area contributed by atoms with Crippen LogP contribution in [0.25, 0.3) is 0 Å². The lowest BCUT2D eigenvalue weighted by atomic mass is 9.99. The van der Waals surface area contributed by atoms with E-state index in [9.17, 15) is 4.39 Å². The van der Waals surface area contributed by atoms with E-state index in [-0.39, 0.29) is 11.9 Å². The molecular weight excluding hydrogens is 263 g/mol. The lowest BCUT2D eigenvalue weighted by Crippen LogP contribution is -2.24. The van der Waals surface area contributed by atoms with E-state index in [1.54, 1.807) is 12.3 Å². The van der Waals surface area contributed by atoms with Gasteiger partial charge in [0.15, 0.2) is 0 Å². The summed E-state index contributed by atoms with van der Waals surface area (Å²) in [5, 5.41) is 3.85. The molecule has 1 aromatic carbocycles. The van der Waals surface area contributed by atoms with Crippen LogP contribution >= 0.6 is 11.6 Å². The van der Waals surface area contributed by atoms with Crippen molar-refractivity contribution in [2.75, 3.05) is 6.54 Å². The van der Waals surface area contributed by atoms with Crippen LogP contribution in [-0.2, 0) is 0 Å². The molecule has 1 heterocycles. The zero-order valence-electron chi connectivity index (χ0n) is 11.0. The van der Waals surface area contributed by atoms with Gasteiger partial charge in [0.05, 0.1) is 11.7 Å². The average Bonchev–Trinajstić information content (AvgIpc) is 2.40. The quantitative estimate of drug-likeness (QED) is 0.918. The predicted molar refractivity (Wildman–Crippen MR) is 75.9 cm³/mol. The van der Waals surface area contributed by atoms with E-state index in [4.69, 9.17) is 11.6 Å². The van der Waals surface area contributed by atoms with Gasteiger partial charge in [-0.15, -0.1) is 0 Å². The smallest absolute Gasteiger partial charge is 0.123 e. The SMILES string of the molecule is CCNC(c1cc(F)ccc1Cl)c1ncccc1C. The molecule has 0 saturated heterocycles. The van der Waals surface area contributed by atoms with E-state index in [0.717, 1.165) is 17.8 Å². The van der Waals surface area contributed by atoms with Crippen molar-refractivity contribution in [1.82, 2.24) is 10.3 Å². The Kier molecular flexibility index (Phi) is 4.51. The minimum atomic E-state index is -0.295. The number of rotatable bonds is 4. The van der Waals surface area contributed by atoms with Crippen molar-refractivity contribution in [2.24, 2.45) is 0 Å². The van der Waals surface area contributed by atoms with Crippen LogP contribution in [0.2, 0.25) is 5.02 Å². The minimum Gasteiger partial charge on any atom is -0.305 e. The highest BCUT2D eigenvalue weighted by molar-refractivity contribution is 6.31. The Bertz CT molecular complexity index is 572. The maximum atomic E-state index is 13.5. The van der Waals surface area contributed by atoms with Crippen LogP contribution in [0, 0.1) is 12.7 Å². The van der Waals surface area contributed by atoms with Gasteiger partial charge in [-0.1, -0.05) is 24.6 Å². The van der Waals surface area contributed by atoms with Gasteiger partial charge in [-0.05, 0) is 48.9 Å². The molecule has 100 valence electrons. The van der Waals surface area contributed by atoms with Crippen molar-refractivity contribution in [3.63, 3.8) is 0 Å². The number of nitrogens with one attached hydrogen (secondary N) is 1. The number of benzene rings is 1. The predicted octanol–water partition coefficient (Wildman–Crippen LogP) is 3.88.